The van der Waals surface area contributed by atoms with Gasteiger partial charge in [0.05, 0.1) is 29.8 Å². The standard InChI is InChI=1S/C24H29F2N7O/c1-14(2)22-23(34)31-21-15(3)30-20(8-18(21)32(22)5)28-10-17-11-29-33(13-17)12-16-6-7-19(27-9-16)24(4,25)26/h6-9,11,13-14,22H,10,12H2,1-5H3,(H,28,30)(H,31,34). The van der Waals surface area contributed by atoms with Gasteiger partial charge in [0.25, 0.3) is 5.92 Å². The van der Waals surface area contributed by atoms with Crippen molar-refractivity contribution in [3.05, 3.63) is 59.3 Å². The van der Waals surface area contributed by atoms with Gasteiger partial charge in [0, 0.05) is 44.5 Å². The van der Waals surface area contributed by atoms with Gasteiger partial charge in [-0.05, 0) is 24.5 Å². The van der Waals surface area contributed by atoms with Crippen LogP contribution < -0.4 is 15.5 Å². The lowest BCUT2D eigenvalue weighted by Gasteiger charge is -2.38. The third-order valence-corrected chi connectivity index (χ3v) is 5.90. The van der Waals surface area contributed by atoms with Gasteiger partial charge in [0.1, 0.15) is 17.6 Å². The molecule has 4 rings (SSSR count). The predicted molar refractivity (Wildman–Crippen MR) is 127 cm³/mol. The first-order valence-corrected chi connectivity index (χ1v) is 11.2. The molecule has 4 heterocycles. The molecule has 8 nitrogen and oxygen atoms in total. The second-order valence-corrected chi connectivity index (χ2v) is 9.12. The van der Waals surface area contributed by atoms with Crippen molar-refractivity contribution in [1.29, 1.82) is 0 Å². The summed E-state index contributed by atoms with van der Waals surface area (Å²) >= 11 is 0. The summed E-state index contributed by atoms with van der Waals surface area (Å²) in [6.45, 7) is 7.70. The van der Waals surface area contributed by atoms with Crippen LogP contribution in [0.15, 0.2) is 36.8 Å². The van der Waals surface area contributed by atoms with Crippen molar-refractivity contribution in [1.82, 2.24) is 19.7 Å². The number of aryl methyl sites for hydroxylation is 1. The molecule has 1 amide bonds. The average Bonchev–Trinajstić information content (AvgIpc) is 3.20. The summed E-state index contributed by atoms with van der Waals surface area (Å²) in [6, 6.07) is 4.68. The molecule has 1 atom stereocenters. The number of carbonyl (C=O) groups excluding carboxylic acids is 1. The van der Waals surface area contributed by atoms with Gasteiger partial charge in [-0.25, -0.2) is 4.98 Å². The molecule has 0 aromatic carbocycles. The van der Waals surface area contributed by atoms with Gasteiger partial charge in [0.2, 0.25) is 5.91 Å². The molecule has 3 aromatic rings. The van der Waals surface area contributed by atoms with Crippen molar-refractivity contribution in [2.24, 2.45) is 5.92 Å². The highest BCUT2D eigenvalue weighted by Gasteiger charge is 2.34. The lowest BCUT2D eigenvalue weighted by Crippen LogP contribution is -2.49. The summed E-state index contributed by atoms with van der Waals surface area (Å²) < 4.78 is 28.4. The molecule has 0 spiro atoms. The molecule has 0 saturated heterocycles. The van der Waals surface area contributed by atoms with Crippen molar-refractivity contribution in [3.8, 4) is 0 Å². The molecule has 1 unspecified atom stereocenters. The molecule has 3 aromatic heterocycles. The molecule has 1 aliphatic rings. The molecule has 34 heavy (non-hydrogen) atoms. The van der Waals surface area contributed by atoms with E-state index in [1.807, 2.05) is 45.0 Å². The van der Waals surface area contributed by atoms with E-state index >= 15 is 0 Å². The predicted octanol–water partition coefficient (Wildman–Crippen LogP) is 4.17. The number of nitrogens with zero attached hydrogens (tertiary/aromatic N) is 5. The van der Waals surface area contributed by atoms with Crippen molar-refractivity contribution in [3.63, 3.8) is 0 Å². The smallest absolute Gasteiger partial charge is 0.286 e. The fourth-order valence-electron chi connectivity index (χ4n) is 4.19. The first-order chi connectivity index (χ1) is 16.0. The highest BCUT2D eigenvalue weighted by molar-refractivity contribution is 6.04. The number of anilines is 3. The zero-order chi connectivity index (χ0) is 24.6. The van der Waals surface area contributed by atoms with Crippen molar-refractivity contribution < 1.29 is 13.6 Å². The van der Waals surface area contributed by atoms with Crippen LogP contribution in [0, 0.1) is 12.8 Å². The molecule has 0 radical (unpaired) electrons. The van der Waals surface area contributed by atoms with Crippen LogP contribution in [0.3, 0.4) is 0 Å². The van der Waals surface area contributed by atoms with Crippen LogP contribution in [0.5, 0.6) is 0 Å². The van der Waals surface area contributed by atoms with E-state index in [1.54, 1.807) is 16.9 Å². The molecule has 0 aliphatic carbocycles. The maximum absolute atomic E-state index is 13.3. The van der Waals surface area contributed by atoms with Crippen LogP contribution in [-0.4, -0.2) is 38.7 Å². The summed E-state index contributed by atoms with van der Waals surface area (Å²) in [7, 11) is 1.93. The van der Waals surface area contributed by atoms with E-state index < -0.39 is 5.92 Å². The summed E-state index contributed by atoms with van der Waals surface area (Å²) in [4.78, 5) is 23.0. The summed E-state index contributed by atoms with van der Waals surface area (Å²) in [5, 5.41) is 10.7. The van der Waals surface area contributed by atoms with Crippen LogP contribution >= 0.6 is 0 Å². The highest BCUT2D eigenvalue weighted by Crippen LogP contribution is 2.36. The lowest BCUT2D eigenvalue weighted by molar-refractivity contribution is -0.118. The monoisotopic (exact) mass is 469 g/mol. The van der Waals surface area contributed by atoms with E-state index in [0.717, 1.165) is 35.1 Å². The number of aromatic nitrogens is 4. The quantitative estimate of drug-likeness (QED) is 0.540. The summed E-state index contributed by atoms with van der Waals surface area (Å²) in [5.41, 5.74) is 3.89. The number of hydrogen-bond donors (Lipinski definition) is 2. The van der Waals surface area contributed by atoms with Crippen LogP contribution in [0.2, 0.25) is 0 Å². The van der Waals surface area contributed by atoms with E-state index in [-0.39, 0.29) is 23.6 Å². The third kappa shape index (κ3) is 4.85. The summed E-state index contributed by atoms with van der Waals surface area (Å²) in [5.74, 6) is -2.10. The molecular weight excluding hydrogens is 440 g/mol. The Morgan fingerprint density at radius 3 is 2.65 bits per heavy atom. The van der Waals surface area contributed by atoms with E-state index in [9.17, 15) is 13.6 Å². The van der Waals surface area contributed by atoms with Crippen molar-refractivity contribution >= 4 is 23.1 Å². The van der Waals surface area contributed by atoms with Gasteiger partial charge in [-0.3, -0.25) is 14.5 Å². The Morgan fingerprint density at radius 1 is 1.24 bits per heavy atom. The minimum absolute atomic E-state index is 0.0173. The third-order valence-electron chi connectivity index (χ3n) is 5.90. The largest absolute Gasteiger partial charge is 0.366 e. The van der Waals surface area contributed by atoms with Gasteiger partial charge in [-0.15, -0.1) is 0 Å². The zero-order valence-corrected chi connectivity index (χ0v) is 19.9. The lowest BCUT2D eigenvalue weighted by atomic mass is 9.98. The minimum Gasteiger partial charge on any atom is -0.366 e. The number of amides is 1. The topological polar surface area (TPSA) is 88.0 Å². The Morgan fingerprint density at radius 2 is 2.00 bits per heavy atom. The normalized spacial score (nSPS) is 15.9. The number of hydrogen-bond acceptors (Lipinski definition) is 6. The molecule has 1 aliphatic heterocycles. The molecule has 0 saturated carbocycles. The minimum atomic E-state index is -2.96. The number of carbonyl (C=O) groups is 1. The van der Waals surface area contributed by atoms with E-state index in [1.165, 1.54) is 12.3 Å². The van der Waals surface area contributed by atoms with Gasteiger partial charge in [-0.2, -0.15) is 13.9 Å². The number of fused-ring (bicyclic) bond motifs is 1. The first kappa shape index (κ1) is 23.6. The Labute approximate surface area is 197 Å². The van der Waals surface area contributed by atoms with Gasteiger partial charge in [0.15, 0.2) is 0 Å². The van der Waals surface area contributed by atoms with E-state index in [2.05, 4.69) is 25.7 Å². The maximum Gasteiger partial charge on any atom is 0.286 e. The number of rotatable bonds is 7. The number of alkyl halides is 2. The Balaban J connectivity index is 1.43. The van der Waals surface area contributed by atoms with Crippen LogP contribution in [-0.2, 0) is 23.8 Å². The van der Waals surface area contributed by atoms with Crippen LogP contribution in [0.1, 0.15) is 43.3 Å². The molecular formula is C24H29F2N7O. The number of nitrogens with one attached hydrogen (secondary N) is 2. The Hall–Kier alpha value is -3.56. The van der Waals surface area contributed by atoms with Gasteiger partial charge in [-0.1, -0.05) is 19.9 Å². The molecule has 0 fully saturated rings. The highest BCUT2D eigenvalue weighted by atomic mass is 19.3. The Bertz CT molecular complexity index is 1190. The first-order valence-electron chi connectivity index (χ1n) is 11.2. The van der Waals surface area contributed by atoms with E-state index in [0.29, 0.717) is 18.9 Å². The zero-order valence-electron chi connectivity index (χ0n) is 19.9. The fraction of sp³-hybridized carbons (Fsp3) is 0.417. The van der Waals surface area contributed by atoms with Crippen LogP contribution in [0.25, 0.3) is 0 Å². The van der Waals surface area contributed by atoms with Gasteiger partial charge >= 0.3 is 0 Å². The molecule has 10 heteroatoms. The second kappa shape index (κ2) is 9.00. The van der Waals surface area contributed by atoms with Crippen molar-refractivity contribution in [2.45, 2.75) is 52.7 Å². The fourth-order valence-corrected chi connectivity index (χ4v) is 4.19. The number of pyridine rings is 2. The van der Waals surface area contributed by atoms with E-state index in [4.69, 9.17) is 0 Å². The summed E-state index contributed by atoms with van der Waals surface area (Å²) in [6.07, 6.45) is 5.09. The molecule has 2 N–H and O–H groups in total. The van der Waals surface area contributed by atoms with Gasteiger partial charge < -0.3 is 15.5 Å². The second-order valence-electron chi connectivity index (χ2n) is 9.12. The number of likely N-dealkylation sites (N-methyl/N-ethyl adjacent to an activating group) is 1. The SMILES string of the molecule is Cc1nc(NCc2cnn(Cc3ccc(C(C)(F)F)nc3)c2)cc2c1NC(=O)C(C(C)C)N2C. The molecule has 180 valence electrons. The van der Waals surface area contributed by atoms with Crippen molar-refractivity contribution in [2.75, 3.05) is 22.6 Å². The Kier molecular flexibility index (Phi) is 6.24. The maximum atomic E-state index is 13.3. The number of halogens is 2. The average molecular weight is 470 g/mol. The van der Waals surface area contributed by atoms with Crippen LogP contribution in [0.4, 0.5) is 26.0 Å². The molecule has 0 bridgehead atoms.